The molecule has 0 aliphatic rings. The Kier molecular flexibility index (Phi) is 15.0. The molecule has 0 fully saturated rings. The van der Waals surface area contributed by atoms with Gasteiger partial charge in [0.2, 0.25) is 0 Å². The minimum atomic E-state index is 0.0888. The van der Waals surface area contributed by atoms with Crippen molar-refractivity contribution in [1.29, 1.82) is 0 Å². The molecule has 0 heterocycles. The first-order valence-electron chi connectivity index (χ1n) is 24.9. The Morgan fingerprint density at radius 3 is 1.10 bits per heavy atom. The maximum atomic E-state index is 2.45. The zero-order valence-electron chi connectivity index (χ0n) is 43.5. The molecule has 8 aromatic carbocycles. The first-order valence-corrected chi connectivity index (χ1v) is 24.9. The predicted octanol–water partition coefficient (Wildman–Crippen LogP) is 19.3. The lowest BCUT2D eigenvalue weighted by Gasteiger charge is -2.31. The maximum absolute atomic E-state index is 2.45. The van der Waals surface area contributed by atoms with E-state index in [1.807, 2.05) is 0 Å². The Morgan fingerprint density at radius 2 is 0.686 bits per heavy atom. The van der Waals surface area contributed by atoms with Gasteiger partial charge < -0.3 is 4.90 Å². The molecule has 0 aliphatic heterocycles. The lowest BCUT2D eigenvalue weighted by atomic mass is 9.77. The van der Waals surface area contributed by atoms with E-state index in [9.17, 15) is 0 Å². The summed E-state index contributed by atoms with van der Waals surface area (Å²) in [5.74, 6) is 0.0888. The van der Waals surface area contributed by atoms with Crippen LogP contribution in [-0.2, 0) is 0 Å². The van der Waals surface area contributed by atoms with E-state index < -0.39 is 0 Å². The van der Waals surface area contributed by atoms with E-state index in [1.54, 1.807) is 0 Å². The molecule has 350 valence electrons. The van der Waals surface area contributed by atoms with E-state index in [1.165, 1.54) is 117 Å². The first kappa shape index (κ1) is 49.0. The summed E-state index contributed by atoms with van der Waals surface area (Å²) >= 11 is 0. The highest BCUT2D eigenvalue weighted by atomic mass is 15.1. The van der Waals surface area contributed by atoms with Crippen molar-refractivity contribution in [2.75, 3.05) is 4.90 Å². The van der Waals surface area contributed by atoms with Crippen LogP contribution in [0.5, 0.6) is 0 Å². The number of hydrogen-bond donors (Lipinski definition) is 0. The molecule has 1 atom stereocenters. The highest BCUT2D eigenvalue weighted by Gasteiger charge is 2.25. The minimum Gasteiger partial charge on any atom is -0.310 e. The Hall–Kier alpha value is -7.48. The molecule has 0 radical (unpaired) electrons. The van der Waals surface area contributed by atoms with Crippen LogP contribution in [0, 0.1) is 69.2 Å². The quantitative estimate of drug-likeness (QED) is 0.0823. The molecule has 0 saturated heterocycles. The highest BCUT2D eigenvalue weighted by molar-refractivity contribution is 5.84. The molecule has 1 heteroatoms. The minimum absolute atomic E-state index is 0.0888. The zero-order valence-corrected chi connectivity index (χ0v) is 43.5. The molecule has 8 aromatic rings. The van der Waals surface area contributed by atoms with Gasteiger partial charge in [0, 0.05) is 17.3 Å². The van der Waals surface area contributed by atoms with E-state index in [-0.39, 0.29) is 5.92 Å². The van der Waals surface area contributed by atoms with Crippen LogP contribution in [0.1, 0.15) is 114 Å². The molecular formula is C69H69N. The molecule has 1 unspecified atom stereocenters. The van der Waals surface area contributed by atoms with Gasteiger partial charge in [-0.15, -0.1) is 0 Å². The van der Waals surface area contributed by atoms with Crippen molar-refractivity contribution in [3.63, 3.8) is 0 Å². The van der Waals surface area contributed by atoms with Crippen molar-refractivity contribution >= 4 is 40.4 Å². The molecule has 0 N–H and O–H groups in total. The van der Waals surface area contributed by atoms with Crippen molar-refractivity contribution in [3.8, 4) is 11.1 Å². The van der Waals surface area contributed by atoms with Crippen LogP contribution in [0.15, 0.2) is 182 Å². The topological polar surface area (TPSA) is 3.24 Å². The number of hydrogen-bond acceptors (Lipinski definition) is 1. The van der Waals surface area contributed by atoms with E-state index in [0.717, 1.165) is 16.9 Å². The van der Waals surface area contributed by atoms with Crippen LogP contribution in [0.2, 0.25) is 0 Å². The second-order valence-corrected chi connectivity index (χ2v) is 19.4. The summed E-state index contributed by atoms with van der Waals surface area (Å²) in [5.41, 5.74) is 30.8. The maximum Gasteiger partial charge on any atom is 0.0525 e. The van der Waals surface area contributed by atoms with Crippen LogP contribution < -0.4 is 4.90 Å². The van der Waals surface area contributed by atoms with Gasteiger partial charge in [-0.2, -0.15) is 0 Å². The van der Waals surface area contributed by atoms with Crippen LogP contribution in [0.4, 0.5) is 17.1 Å². The molecule has 0 saturated carbocycles. The zero-order chi connectivity index (χ0) is 49.6. The summed E-state index contributed by atoms with van der Waals surface area (Å²) in [6.07, 6.45) is 13.1. The monoisotopic (exact) mass is 912 g/mol. The summed E-state index contributed by atoms with van der Waals surface area (Å²) in [6, 6.07) is 57.8. The fourth-order valence-electron chi connectivity index (χ4n) is 10.1. The first-order chi connectivity index (χ1) is 33.7. The molecule has 0 aliphatic carbocycles. The molecular weight excluding hydrogens is 843 g/mol. The average Bonchev–Trinajstić information content (AvgIpc) is 3.40. The van der Waals surface area contributed by atoms with Crippen LogP contribution in [0.3, 0.4) is 0 Å². The Balaban J connectivity index is 1.11. The fraction of sp³-hybridized carbons (Fsp3) is 0.188. The van der Waals surface area contributed by atoms with E-state index in [0.29, 0.717) is 0 Å². The largest absolute Gasteiger partial charge is 0.310 e. The Morgan fingerprint density at radius 1 is 0.357 bits per heavy atom. The van der Waals surface area contributed by atoms with Gasteiger partial charge >= 0.3 is 0 Å². The van der Waals surface area contributed by atoms with Gasteiger partial charge in [0.05, 0.1) is 5.69 Å². The molecule has 0 aromatic heterocycles. The molecule has 0 bridgehead atoms. The fourth-order valence-corrected chi connectivity index (χ4v) is 10.1. The van der Waals surface area contributed by atoms with Gasteiger partial charge in [-0.3, -0.25) is 0 Å². The number of nitrogens with zero attached hydrogens (tertiary/aromatic N) is 1. The molecule has 0 spiro atoms. The van der Waals surface area contributed by atoms with Gasteiger partial charge in [-0.05, 0) is 224 Å². The standard InChI is InChI=1S/C69H69N/c1-45(59-25-15-13-16-26-59)21-19-23-57-29-33-63(34-30-57)68(67-53(9)49(5)47(3)50(6)54(67)10)64-37-35-61(36-38-64)62-39-43-66(44-40-62)70(69-55(11)51(7)48(4)52(8)56(69)12)65-41-31-58(32-42-65)24-20-22-46(2)60-27-17-14-18-28-60/h13-44,68H,1-12H3/b23-19+,24-20+,45-21+,46-22+. The molecule has 0 amide bonds. The molecule has 70 heavy (non-hydrogen) atoms. The van der Waals surface area contributed by atoms with Gasteiger partial charge in [0.1, 0.15) is 0 Å². The van der Waals surface area contributed by atoms with Crippen molar-refractivity contribution in [2.24, 2.45) is 0 Å². The third kappa shape index (κ3) is 10.3. The van der Waals surface area contributed by atoms with Crippen molar-refractivity contribution in [2.45, 2.75) is 89.0 Å². The van der Waals surface area contributed by atoms with Crippen LogP contribution in [0.25, 0.3) is 34.4 Å². The Bertz CT molecular complexity index is 2970. The van der Waals surface area contributed by atoms with E-state index >= 15 is 0 Å². The van der Waals surface area contributed by atoms with Gasteiger partial charge in [-0.1, -0.05) is 170 Å². The normalized spacial score (nSPS) is 12.6. The average molecular weight is 912 g/mol. The SMILES string of the molecule is C/C(=C\C=C\c1ccc(C(c2ccc(-c3ccc(N(c4ccc(/C=C/C=C(\C)c5ccccc5)cc4)c4c(C)c(C)c(C)c(C)c4C)cc3)cc2)c2c(C)c(C)c(C)c(C)c2C)cc1)c1ccccc1. The second-order valence-electron chi connectivity index (χ2n) is 19.4. The highest BCUT2D eigenvalue weighted by Crippen LogP contribution is 2.44. The third-order valence-electron chi connectivity index (χ3n) is 15.4. The number of benzene rings is 8. The summed E-state index contributed by atoms with van der Waals surface area (Å²) in [5, 5.41) is 0. The summed E-state index contributed by atoms with van der Waals surface area (Å²) < 4.78 is 0. The van der Waals surface area contributed by atoms with Gasteiger partial charge in [0.15, 0.2) is 0 Å². The third-order valence-corrected chi connectivity index (χ3v) is 15.4. The van der Waals surface area contributed by atoms with Crippen LogP contribution in [-0.4, -0.2) is 0 Å². The van der Waals surface area contributed by atoms with E-state index in [4.69, 9.17) is 0 Å². The Labute approximate surface area is 419 Å². The van der Waals surface area contributed by atoms with Crippen LogP contribution >= 0.6 is 0 Å². The summed E-state index contributed by atoms with van der Waals surface area (Å²) in [6.45, 7) is 27.1. The number of allylic oxidation sites excluding steroid dienone is 6. The van der Waals surface area contributed by atoms with Crippen molar-refractivity contribution in [3.05, 3.63) is 277 Å². The van der Waals surface area contributed by atoms with Gasteiger partial charge in [0.25, 0.3) is 0 Å². The second kappa shape index (κ2) is 21.4. The lowest BCUT2D eigenvalue weighted by molar-refractivity contribution is 0.931. The van der Waals surface area contributed by atoms with Gasteiger partial charge in [-0.25, -0.2) is 0 Å². The smallest absolute Gasteiger partial charge is 0.0525 e. The molecule has 1 nitrogen and oxygen atoms in total. The van der Waals surface area contributed by atoms with E-state index in [2.05, 4.69) is 282 Å². The number of rotatable bonds is 13. The van der Waals surface area contributed by atoms with Crippen molar-refractivity contribution in [1.82, 2.24) is 0 Å². The van der Waals surface area contributed by atoms with Crippen molar-refractivity contribution < 1.29 is 0 Å². The summed E-state index contributed by atoms with van der Waals surface area (Å²) in [7, 11) is 0. The lowest BCUT2D eigenvalue weighted by Crippen LogP contribution is -2.15. The molecule has 8 rings (SSSR count). The predicted molar refractivity (Wildman–Crippen MR) is 306 cm³/mol. The summed E-state index contributed by atoms with van der Waals surface area (Å²) in [4.78, 5) is 2.45. The number of anilines is 3.